The van der Waals surface area contributed by atoms with Crippen molar-refractivity contribution in [2.75, 3.05) is 39.5 Å². The molecule has 0 aliphatic carbocycles. The van der Waals surface area contributed by atoms with E-state index >= 15 is 0 Å². The number of nitrogens with two attached hydrogens (primary N) is 1. The maximum Gasteiger partial charge on any atom is 0.0491 e. The largest absolute Gasteiger partial charge is 0.329 e. The van der Waals surface area contributed by atoms with Crippen molar-refractivity contribution in [2.45, 2.75) is 0 Å². The third-order valence-electron chi connectivity index (χ3n) is 1.64. The fourth-order valence-corrected chi connectivity index (χ4v) is 1.08. The van der Waals surface area contributed by atoms with E-state index in [2.05, 4.69) is 15.5 Å². The van der Waals surface area contributed by atoms with Gasteiger partial charge in [0, 0.05) is 39.5 Å². The molecular formula is C6H16N4. The third kappa shape index (κ3) is 2.62. The Kier molecular flexibility index (Phi) is 3.67. The lowest BCUT2D eigenvalue weighted by atomic mass is 10.5. The van der Waals surface area contributed by atoms with Crippen LogP contribution in [0.1, 0.15) is 0 Å². The molecule has 1 heterocycles. The molecule has 4 N–H and O–H groups in total. The van der Waals surface area contributed by atoms with E-state index in [4.69, 9.17) is 5.73 Å². The van der Waals surface area contributed by atoms with Crippen molar-refractivity contribution in [3.05, 3.63) is 0 Å². The predicted molar refractivity (Wildman–Crippen MR) is 41.5 cm³/mol. The molecule has 0 spiro atoms. The Morgan fingerprint density at radius 3 is 3.10 bits per heavy atom. The van der Waals surface area contributed by atoms with Gasteiger partial charge < -0.3 is 11.1 Å². The minimum atomic E-state index is 0.752. The second-order valence-corrected chi connectivity index (χ2v) is 2.49. The first-order chi connectivity index (χ1) is 4.93. The summed E-state index contributed by atoms with van der Waals surface area (Å²) >= 11 is 0. The summed E-state index contributed by atoms with van der Waals surface area (Å²) in [5.41, 5.74) is 5.42. The summed E-state index contributed by atoms with van der Waals surface area (Å²) in [7, 11) is 0. The smallest absolute Gasteiger partial charge is 0.0491 e. The first kappa shape index (κ1) is 7.94. The zero-order valence-electron chi connectivity index (χ0n) is 6.27. The molecule has 0 aromatic rings. The van der Waals surface area contributed by atoms with E-state index in [0.717, 1.165) is 39.5 Å². The van der Waals surface area contributed by atoms with E-state index < -0.39 is 0 Å². The van der Waals surface area contributed by atoms with Gasteiger partial charge in [0.2, 0.25) is 0 Å². The molecule has 1 rings (SSSR count). The van der Waals surface area contributed by atoms with Gasteiger partial charge in [0.1, 0.15) is 0 Å². The van der Waals surface area contributed by atoms with Crippen molar-refractivity contribution in [3.8, 4) is 0 Å². The number of nitrogens with one attached hydrogen (secondary N) is 2. The predicted octanol–water partition coefficient (Wildman–Crippen LogP) is -1.65. The summed E-state index contributed by atoms with van der Waals surface area (Å²) in [4.78, 5) is 2.31. The van der Waals surface area contributed by atoms with Crippen LogP contribution in [0.25, 0.3) is 0 Å². The quantitative estimate of drug-likeness (QED) is 0.435. The molecule has 10 heavy (non-hydrogen) atoms. The molecule has 0 aromatic carbocycles. The van der Waals surface area contributed by atoms with E-state index in [1.54, 1.807) is 0 Å². The van der Waals surface area contributed by atoms with Gasteiger partial charge >= 0.3 is 0 Å². The Morgan fingerprint density at radius 1 is 1.40 bits per heavy atom. The fourth-order valence-electron chi connectivity index (χ4n) is 1.08. The molecule has 0 saturated carbocycles. The lowest BCUT2D eigenvalue weighted by molar-refractivity contribution is 0.285. The second-order valence-electron chi connectivity index (χ2n) is 2.49. The van der Waals surface area contributed by atoms with E-state index in [9.17, 15) is 0 Å². The Balaban J connectivity index is 2.15. The van der Waals surface area contributed by atoms with E-state index in [0.29, 0.717) is 0 Å². The summed E-state index contributed by atoms with van der Waals surface area (Å²) < 4.78 is 0. The first-order valence-corrected chi connectivity index (χ1v) is 3.77. The molecule has 0 amide bonds. The van der Waals surface area contributed by atoms with Crippen molar-refractivity contribution in [2.24, 2.45) is 5.73 Å². The Labute approximate surface area is 61.8 Å². The van der Waals surface area contributed by atoms with Crippen LogP contribution in [0.3, 0.4) is 0 Å². The molecule has 1 aliphatic rings. The van der Waals surface area contributed by atoms with E-state index in [1.165, 1.54) is 0 Å². The van der Waals surface area contributed by atoms with Crippen LogP contribution in [0.4, 0.5) is 0 Å². The lowest BCUT2D eigenvalue weighted by Crippen LogP contribution is -2.36. The molecule has 0 bridgehead atoms. The van der Waals surface area contributed by atoms with Gasteiger partial charge in [-0.05, 0) is 0 Å². The summed E-state index contributed by atoms with van der Waals surface area (Å²) in [5, 5.41) is 6.48. The highest BCUT2D eigenvalue weighted by atomic mass is 15.3. The summed E-state index contributed by atoms with van der Waals surface area (Å²) in [6, 6.07) is 0. The van der Waals surface area contributed by atoms with Gasteiger partial charge in [-0.3, -0.25) is 10.2 Å². The van der Waals surface area contributed by atoms with E-state index in [-0.39, 0.29) is 0 Å². The van der Waals surface area contributed by atoms with Crippen LogP contribution >= 0.6 is 0 Å². The molecule has 4 nitrogen and oxygen atoms in total. The molecule has 60 valence electrons. The van der Waals surface area contributed by atoms with Crippen LogP contribution in [0, 0.1) is 0 Å². The summed E-state index contributed by atoms with van der Waals surface area (Å²) in [5.74, 6) is 0. The standard InChI is InChI=1S/C6H16N4/c7-1-3-10-4-2-8-5-9-6-10/h8-9H,1-7H2. The maximum atomic E-state index is 5.42. The second kappa shape index (κ2) is 4.62. The average molecular weight is 144 g/mol. The maximum absolute atomic E-state index is 5.42. The van der Waals surface area contributed by atoms with Gasteiger partial charge in [-0.1, -0.05) is 0 Å². The highest BCUT2D eigenvalue weighted by Crippen LogP contribution is 1.84. The first-order valence-electron chi connectivity index (χ1n) is 3.77. The molecule has 0 radical (unpaired) electrons. The Hall–Kier alpha value is -0.160. The highest BCUT2D eigenvalue weighted by Gasteiger charge is 2.04. The summed E-state index contributed by atoms with van der Waals surface area (Å²) in [6.07, 6.45) is 0. The zero-order valence-corrected chi connectivity index (χ0v) is 6.27. The minimum absolute atomic E-state index is 0.752. The fraction of sp³-hybridized carbons (Fsp3) is 1.00. The Bertz CT molecular complexity index is 77.8. The summed E-state index contributed by atoms with van der Waals surface area (Å²) in [6.45, 7) is 5.79. The van der Waals surface area contributed by atoms with Crippen molar-refractivity contribution in [1.82, 2.24) is 15.5 Å². The molecule has 0 aromatic heterocycles. The normalized spacial score (nSPS) is 22.5. The molecule has 0 atom stereocenters. The van der Waals surface area contributed by atoms with Gasteiger partial charge in [0.15, 0.2) is 0 Å². The van der Waals surface area contributed by atoms with Gasteiger partial charge in [-0.25, -0.2) is 0 Å². The van der Waals surface area contributed by atoms with Gasteiger partial charge in [0.25, 0.3) is 0 Å². The molecule has 4 heteroatoms. The molecular weight excluding hydrogens is 128 g/mol. The van der Waals surface area contributed by atoms with Crippen LogP contribution < -0.4 is 16.4 Å². The molecule has 0 unspecified atom stereocenters. The number of hydrogen-bond donors (Lipinski definition) is 3. The van der Waals surface area contributed by atoms with Crippen LogP contribution in [0.5, 0.6) is 0 Å². The minimum Gasteiger partial charge on any atom is -0.329 e. The average Bonchev–Trinajstić information content (AvgIpc) is 2.17. The van der Waals surface area contributed by atoms with Crippen molar-refractivity contribution in [3.63, 3.8) is 0 Å². The van der Waals surface area contributed by atoms with Crippen LogP contribution in [-0.2, 0) is 0 Å². The van der Waals surface area contributed by atoms with Crippen LogP contribution in [0.15, 0.2) is 0 Å². The van der Waals surface area contributed by atoms with Crippen molar-refractivity contribution < 1.29 is 0 Å². The SMILES string of the molecule is NCCN1CCNCNC1. The van der Waals surface area contributed by atoms with Gasteiger partial charge in [-0.15, -0.1) is 0 Å². The number of hydrogen-bond acceptors (Lipinski definition) is 4. The molecule has 1 fully saturated rings. The highest BCUT2D eigenvalue weighted by molar-refractivity contribution is 4.62. The van der Waals surface area contributed by atoms with Crippen molar-refractivity contribution >= 4 is 0 Å². The number of nitrogens with zero attached hydrogens (tertiary/aromatic N) is 1. The van der Waals surface area contributed by atoms with Crippen LogP contribution in [-0.4, -0.2) is 44.4 Å². The monoisotopic (exact) mass is 144 g/mol. The molecule has 1 saturated heterocycles. The van der Waals surface area contributed by atoms with E-state index in [1.807, 2.05) is 0 Å². The topological polar surface area (TPSA) is 53.3 Å². The Morgan fingerprint density at radius 2 is 2.30 bits per heavy atom. The third-order valence-corrected chi connectivity index (χ3v) is 1.64. The van der Waals surface area contributed by atoms with Gasteiger partial charge in [0.05, 0.1) is 0 Å². The molecule has 1 aliphatic heterocycles. The van der Waals surface area contributed by atoms with Gasteiger partial charge in [-0.2, -0.15) is 0 Å². The zero-order chi connectivity index (χ0) is 7.23. The van der Waals surface area contributed by atoms with Crippen molar-refractivity contribution in [1.29, 1.82) is 0 Å². The number of rotatable bonds is 2. The van der Waals surface area contributed by atoms with Crippen LogP contribution in [0.2, 0.25) is 0 Å². The lowest BCUT2D eigenvalue weighted by Gasteiger charge is -2.17.